The van der Waals surface area contributed by atoms with Crippen molar-refractivity contribution in [2.45, 2.75) is 33.6 Å². The molecule has 0 saturated carbocycles. The van der Waals surface area contributed by atoms with Crippen molar-refractivity contribution < 1.29 is 13.7 Å². The van der Waals surface area contributed by atoms with E-state index in [2.05, 4.69) is 10.1 Å². The molecular formula is C19H18FN3O2. The van der Waals surface area contributed by atoms with Crippen molar-refractivity contribution in [2.24, 2.45) is 0 Å². The standard InChI is InChI=1S/C19H18FN3O2/c1-10-6-7-13-5-4-8-23(17(13)16(10)20)19(24)14-9-11(2)21-18-15(14)12(3)22-25-18/h6-7,9H,4-5,8H2,1-3H3. The lowest BCUT2D eigenvalue weighted by molar-refractivity contribution is 0.0985. The minimum absolute atomic E-state index is 0.243. The van der Waals surface area contributed by atoms with Gasteiger partial charge in [-0.05, 0) is 50.8 Å². The Kier molecular flexibility index (Phi) is 3.56. The zero-order valence-corrected chi connectivity index (χ0v) is 14.4. The lowest BCUT2D eigenvalue weighted by Gasteiger charge is -2.30. The van der Waals surface area contributed by atoms with Gasteiger partial charge >= 0.3 is 0 Å². The summed E-state index contributed by atoms with van der Waals surface area (Å²) in [6.45, 7) is 5.77. The molecule has 6 heteroatoms. The Morgan fingerprint density at radius 2 is 2.08 bits per heavy atom. The summed E-state index contributed by atoms with van der Waals surface area (Å²) in [6, 6.07) is 5.39. The fourth-order valence-corrected chi connectivity index (χ4v) is 3.47. The van der Waals surface area contributed by atoms with Gasteiger partial charge in [0.25, 0.3) is 11.6 Å². The van der Waals surface area contributed by atoms with Crippen molar-refractivity contribution in [2.75, 3.05) is 11.4 Å². The van der Waals surface area contributed by atoms with Gasteiger partial charge in [0.05, 0.1) is 22.3 Å². The van der Waals surface area contributed by atoms with E-state index in [1.807, 2.05) is 6.07 Å². The first-order valence-electron chi connectivity index (χ1n) is 8.31. The number of aryl methyl sites for hydroxylation is 4. The Labute approximate surface area is 144 Å². The summed E-state index contributed by atoms with van der Waals surface area (Å²) < 4.78 is 20.0. The lowest BCUT2D eigenvalue weighted by atomic mass is 9.97. The molecule has 0 saturated heterocycles. The molecule has 2 aromatic heterocycles. The first-order chi connectivity index (χ1) is 12.0. The zero-order valence-electron chi connectivity index (χ0n) is 14.4. The molecule has 128 valence electrons. The van der Waals surface area contributed by atoms with Crippen LogP contribution >= 0.6 is 0 Å². The van der Waals surface area contributed by atoms with Gasteiger partial charge in [-0.3, -0.25) is 4.79 Å². The summed E-state index contributed by atoms with van der Waals surface area (Å²) in [7, 11) is 0. The molecule has 0 bridgehead atoms. The highest BCUT2D eigenvalue weighted by Crippen LogP contribution is 2.34. The number of aromatic nitrogens is 2. The first kappa shape index (κ1) is 15.7. The van der Waals surface area contributed by atoms with Gasteiger partial charge in [0.15, 0.2) is 0 Å². The van der Waals surface area contributed by atoms with Crippen LogP contribution in [0.25, 0.3) is 11.1 Å². The van der Waals surface area contributed by atoms with Gasteiger partial charge in [0.2, 0.25) is 0 Å². The van der Waals surface area contributed by atoms with Crippen LogP contribution in [0, 0.1) is 26.6 Å². The summed E-state index contributed by atoms with van der Waals surface area (Å²) in [5, 5.41) is 4.51. The van der Waals surface area contributed by atoms with E-state index in [0.717, 1.165) is 18.4 Å². The fourth-order valence-electron chi connectivity index (χ4n) is 3.47. The quantitative estimate of drug-likeness (QED) is 0.675. The SMILES string of the molecule is Cc1cc(C(=O)N2CCCc3ccc(C)c(F)c32)c2c(C)noc2n1. The first-order valence-corrected chi connectivity index (χ1v) is 8.31. The van der Waals surface area contributed by atoms with E-state index in [-0.39, 0.29) is 11.7 Å². The number of nitrogens with zero attached hydrogens (tertiary/aromatic N) is 3. The molecule has 4 rings (SSSR count). The zero-order chi connectivity index (χ0) is 17.7. The van der Waals surface area contributed by atoms with E-state index < -0.39 is 0 Å². The fraction of sp³-hybridized carbons (Fsp3) is 0.316. The van der Waals surface area contributed by atoms with Crippen molar-refractivity contribution in [1.29, 1.82) is 0 Å². The molecule has 1 aliphatic rings. The van der Waals surface area contributed by atoms with E-state index in [1.54, 1.807) is 37.8 Å². The highest BCUT2D eigenvalue weighted by atomic mass is 19.1. The van der Waals surface area contributed by atoms with Gasteiger partial charge < -0.3 is 9.42 Å². The molecule has 0 atom stereocenters. The van der Waals surface area contributed by atoms with Crippen LogP contribution in [0.15, 0.2) is 22.7 Å². The molecule has 1 aromatic carbocycles. The topological polar surface area (TPSA) is 59.2 Å². The summed E-state index contributed by atoms with van der Waals surface area (Å²) in [4.78, 5) is 19.1. The molecule has 0 spiro atoms. The molecule has 0 unspecified atom stereocenters. The molecule has 3 aromatic rings. The van der Waals surface area contributed by atoms with Crippen LogP contribution in [0.4, 0.5) is 10.1 Å². The molecule has 0 fully saturated rings. The molecule has 0 radical (unpaired) electrons. The van der Waals surface area contributed by atoms with Crippen LogP contribution in [0.3, 0.4) is 0 Å². The molecule has 0 N–H and O–H groups in total. The van der Waals surface area contributed by atoms with Gasteiger partial charge in [0, 0.05) is 12.2 Å². The lowest BCUT2D eigenvalue weighted by Crippen LogP contribution is -2.36. The van der Waals surface area contributed by atoms with Gasteiger partial charge in [0.1, 0.15) is 5.82 Å². The van der Waals surface area contributed by atoms with Crippen LogP contribution in [0.1, 0.15) is 39.3 Å². The molecule has 3 heterocycles. The number of pyridine rings is 1. The average Bonchev–Trinajstić information content (AvgIpc) is 2.97. The van der Waals surface area contributed by atoms with Crippen LogP contribution in [-0.2, 0) is 6.42 Å². The second kappa shape index (κ2) is 5.65. The number of carbonyl (C=O) groups excluding carboxylic acids is 1. The number of carbonyl (C=O) groups is 1. The number of benzene rings is 1. The van der Waals surface area contributed by atoms with E-state index >= 15 is 0 Å². The Bertz CT molecular complexity index is 1010. The maximum Gasteiger partial charge on any atom is 0.259 e. The largest absolute Gasteiger partial charge is 0.336 e. The molecule has 1 amide bonds. The van der Waals surface area contributed by atoms with Crippen LogP contribution < -0.4 is 4.90 Å². The maximum absolute atomic E-state index is 14.8. The number of hydrogen-bond donors (Lipinski definition) is 0. The summed E-state index contributed by atoms with van der Waals surface area (Å²) in [5.74, 6) is -0.568. The molecule has 5 nitrogen and oxygen atoms in total. The van der Waals surface area contributed by atoms with Gasteiger partial charge in [-0.1, -0.05) is 17.3 Å². The molecular weight excluding hydrogens is 321 g/mol. The van der Waals surface area contributed by atoms with Gasteiger partial charge in [-0.25, -0.2) is 9.37 Å². The second-order valence-corrected chi connectivity index (χ2v) is 6.52. The number of rotatable bonds is 1. The molecule has 25 heavy (non-hydrogen) atoms. The van der Waals surface area contributed by atoms with Crippen molar-refractivity contribution in [1.82, 2.24) is 10.1 Å². The Morgan fingerprint density at radius 3 is 2.88 bits per heavy atom. The third-order valence-electron chi connectivity index (χ3n) is 4.71. The number of fused-ring (bicyclic) bond motifs is 2. The monoisotopic (exact) mass is 339 g/mol. The van der Waals surface area contributed by atoms with E-state index in [0.29, 0.717) is 45.8 Å². The van der Waals surface area contributed by atoms with Crippen molar-refractivity contribution in [3.8, 4) is 0 Å². The number of anilines is 1. The Morgan fingerprint density at radius 1 is 1.28 bits per heavy atom. The number of amides is 1. The van der Waals surface area contributed by atoms with Crippen molar-refractivity contribution >= 4 is 22.7 Å². The highest BCUT2D eigenvalue weighted by Gasteiger charge is 2.29. The van der Waals surface area contributed by atoms with Gasteiger partial charge in [-0.2, -0.15) is 0 Å². The minimum Gasteiger partial charge on any atom is -0.336 e. The minimum atomic E-state index is -0.324. The maximum atomic E-state index is 14.8. The summed E-state index contributed by atoms with van der Waals surface area (Å²) >= 11 is 0. The smallest absolute Gasteiger partial charge is 0.259 e. The van der Waals surface area contributed by atoms with Crippen molar-refractivity contribution in [3.63, 3.8) is 0 Å². The third-order valence-corrected chi connectivity index (χ3v) is 4.71. The van der Waals surface area contributed by atoms with E-state index in [4.69, 9.17) is 4.52 Å². The summed E-state index contributed by atoms with van der Waals surface area (Å²) in [5.41, 5.74) is 3.86. The Balaban J connectivity index is 1.90. The third kappa shape index (κ3) is 2.40. The average molecular weight is 339 g/mol. The number of hydrogen-bond acceptors (Lipinski definition) is 4. The van der Waals surface area contributed by atoms with Crippen LogP contribution in [-0.4, -0.2) is 22.6 Å². The van der Waals surface area contributed by atoms with E-state index in [9.17, 15) is 9.18 Å². The summed E-state index contributed by atoms with van der Waals surface area (Å²) in [6.07, 6.45) is 1.57. The Hall–Kier alpha value is -2.76. The second-order valence-electron chi connectivity index (χ2n) is 6.52. The van der Waals surface area contributed by atoms with Gasteiger partial charge in [-0.15, -0.1) is 0 Å². The van der Waals surface area contributed by atoms with Crippen LogP contribution in [0.2, 0.25) is 0 Å². The predicted octanol–water partition coefficient (Wildman–Crippen LogP) is 3.88. The normalized spacial score (nSPS) is 14.0. The predicted molar refractivity (Wildman–Crippen MR) is 92.4 cm³/mol. The molecule has 0 aliphatic carbocycles. The van der Waals surface area contributed by atoms with E-state index in [1.165, 1.54) is 0 Å². The molecule has 1 aliphatic heterocycles. The van der Waals surface area contributed by atoms with Crippen molar-refractivity contribution in [3.05, 3.63) is 52.1 Å². The highest BCUT2D eigenvalue weighted by molar-refractivity contribution is 6.14. The van der Waals surface area contributed by atoms with Crippen LogP contribution in [0.5, 0.6) is 0 Å². The number of halogens is 1.